The smallest absolute Gasteiger partial charge is 0.277 e. The summed E-state index contributed by atoms with van der Waals surface area (Å²) in [6.07, 6.45) is 1.43. The number of H-pyrrole nitrogens is 1. The second-order valence-corrected chi connectivity index (χ2v) is 9.97. The van der Waals surface area contributed by atoms with E-state index in [0.717, 1.165) is 5.56 Å². The Hall–Kier alpha value is -4.32. The van der Waals surface area contributed by atoms with Gasteiger partial charge in [-0.3, -0.25) is 19.6 Å². The van der Waals surface area contributed by atoms with Crippen LogP contribution in [0.1, 0.15) is 53.1 Å². The van der Waals surface area contributed by atoms with Crippen molar-refractivity contribution in [3.05, 3.63) is 92.9 Å². The Morgan fingerprint density at radius 1 is 1.15 bits per heavy atom. The maximum Gasteiger partial charge on any atom is 0.277 e. The summed E-state index contributed by atoms with van der Waals surface area (Å²) in [6.45, 7) is 5.10. The van der Waals surface area contributed by atoms with Crippen molar-refractivity contribution in [2.24, 2.45) is 0 Å². The summed E-state index contributed by atoms with van der Waals surface area (Å²) < 4.78 is 0. The van der Waals surface area contributed by atoms with Crippen LogP contribution in [0.2, 0.25) is 5.02 Å². The Morgan fingerprint density at radius 3 is 2.56 bits per heavy atom. The van der Waals surface area contributed by atoms with Gasteiger partial charge in [0, 0.05) is 23.7 Å². The zero-order valence-electron chi connectivity index (χ0n) is 21.4. The van der Waals surface area contributed by atoms with Crippen molar-refractivity contribution in [1.29, 1.82) is 0 Å². The molecule has 0 radical (unpaired) electrons. The largest absolute Gasteiger partial charge is 0.389 e. The van der Waals surface area contributed by atoms with Crippen LogP contribution in [0.5, 0.6) is 0 Å². The Morgan fingerprint density at radius 2 is 1.87 bits per heavy atom. The molecule has 2 heterocycles. The van der Waals surface area contributed by atoms with E-state index in [1.54, 1.807) is 45.0 Å². The molecular formula is C27H27ClN6O5. The molecule has 0 spiro atoms. The number of pyridine rings is 1. The summed E-state index contributed by atoms with van der Waals surface area (Å²) in [4.78, 5) is 49.5. The fourth-order valence-electron chi connectivity index (χ4n) is 3.67. The number of aromatic amines is 1. The SMILES string of the molecule is CC(c1ccccc1)N(O)C(=O)c1ccc(Cl)c(NC(=O)c2cc3cnc(NCC(C)(C)O)nc3[nH]c2=O)c1. The van der Waals surface area contributed by atoms with Crippen LogP contribution >= 0.6 is 11.6 Å². The monoisotopic (exact) mass is 550 g/mol. The highest BCUT2D eigenvalue weighted by Gasteiger charge is 2.23. The number of rotatable bonds is 8. The second-order valence-electron chi connectivity index (χ2n) is 9.56. The van der Waals surface area contributed by atoms with Crippen molar-refractivity contribution in [3.8, 4) is 0 Å². The minimum atomic E-state index is -0.994. The molecule has 2 aromatic carbocycles. The minimum absolute atomic E-state index is 0.0758. The lowest BCUT2D eigenvalue weighted by Gasteiger charge is -2.23. The zero-order chi connectivity index (χ0) is 28.3. The maximum absolute atomic E-state index is 13.0. The number of hydrogen-bond acceptors (Lipinski definition) is 8. The van der Waals surface area contributed by atoms with Gasteiger partial charge in [-0.1, -0.05) is 41.9 Å². The Labute approximate surface area is 228 Å². The standard InChI is InChI=1S/C27H27ClN6O5/c1-15(16-7-5-4-6-8-16)34(39)25(37)17-9-10-20(28)21(12-17)31-23(35)19-11-18-13-29-26(30-14-27(2,3)38)33-22(18)32-24(19)36/h4-13,15,38-39H,14H2,1-3H3,(H,31,35)(H2,29,30,32,33,36). The van der Waals surface area contributed by atoms with Crippen molar-refractivity contribution >= 4 is 46.1 Å². The van der Waals surface area contributed by atoms with Gasteiger partial charge in [0.15, 0.2) is 0 Å². The van der Waals surface area contributed by atoms with Crippen molar-refractivity contribution < 1.29 is 19.9 Å². The Balaban J connectivity index is 1.54. The number of aromatic nitrogens is 3. The quantitative estimate of drug-likeness (QED) is 0.162. The number of carbonyl (C=O) groups excluding carboxylic acids is 2. The number of nitrogens with zero attached hydrogens (tertiary/aromatic N) is 3. The van der Waals surface area contributed by atoms with Crippen molar-refractivity contribution in [3.63, 3.8) is 0 Å². The molecule has 4 rings (SSSR count). The van der Waals surface area contributed by atoms with Crippen LogP contribution in [0.4, 0.5) is 11.6 Å². The van der Waals surface area contributed by atoms with Gasteiger partial charge in [0.1, 0.15) is 11.2 Å². The number of benzene rings is 2. The van der Waals surface area contributed by atoms with Gasteiger partial charge in [0.2, 0.25) is 5.95 Å². The summed E-state index contributed by atoms with van der Waals surface area (Å²) in [5.74, 6) is -1.27. The lowest BCUT2D eigenvalue weighted by atomic mass is 10.1. The van der Waals surface area contributed by atoms with Crippen molar-refractivity contribution in [1.82, 2.24) is 20.0 Å². The predicted octanol–water partition coefficient (Wildman–Crippen LogP) is 4.00. The Bertz CT molecular complexity index is 1590. The molecule has 5 N–H and O–H groups in total. The summed E-state index contributed by atoms with van der Waals surface area (Å²) in [5.41, 5.74) is -0.832. The topological polar surface area (TPSA) is 161 Å². The Kier molecular flexibility index (Phi) is 7.95. The highest BCUT2D eigenvalue weighted by atomic mass is 35.5. The molecule has 1 unspecified atom stereocenters. The third kappa shape index (κ3) is 6.58. The van der Waals surface area contributed by atoms with E-state index in [-0.39, 0.29) is 40.0 Å². The van der Waals surface area contributed by atoms with E-state index in [1.807, 2.05) is 6.07 Å². The van der Waals surface area contributed by atoms with E-state index in [1.165, 1.54) is 30.5 Å². The molecule has 0 aliphatic carbocycles. The van der Waals surface area contributed by atoms with Gasteiger partial charge in [-0.25, -0.2) is 10.0 Å². The summed E-state index contributed by atoms with van der Waals surface area (Å²) in [6, 6.07) is 13.9. The first-order valence-electron chi connectivity index (χ1n) is 12.0. The summed E-state index contributed by atoms with van der Waals surface area (Å²) in [5, 5.41) is 26.9. The molecule has 11 nitrogen and oxygen atoms in total. The van der Waals surface area contributed by atoms with Crippen LogP contribution in [-0.4, -0.2) is 54.3 Å². The van der Waals surface area contributed by atoms with Gasteiger partial charge in [-0.05, 0) is 50.6 Å². The van der Waals surface area contributed by atoms with E-state index >= 15 is 0 Å². The number of fused-ring (bicyclic) bond motifs is 1. The number of hydrogen-bond donors (Lipinski definition) is 5. The molecule has 4 aromatic rings. The van der Waals surface area contributed by atoms with Gasteiger partial charge in [0.05, 0.1) is 22.4 Å². The average Bonchev–Trinajstić information content (AvgIpc) is 2.91. The third-order valence-corrected chi connectivity index (χ3v) is 6.17. The first-order valence-corrected chi connectivity index (χ1v) is 12.4. The van der Waals surface area contributed by atoms with Crippen LogP contribution in [0.3, 0.4) is 0 Å². The van der Waals surface area contributed by atoms with Crippen molar-refractivity contribution in [2.75, 3.05) is 17.2 Å². The highest BCUT2D eigenvalue weighted by molar-refractivity contribution is 6.34. The number of aliphatic hydroxyl groups is 1. The molecule has 0 saturated heterocycles. The number of anilines is 2. The number of carbonyl (C=O) groups is 2. The fraction of sp³-hybridized carbons (Fsp3) is 0.222. The van der Waals surface area contributed by atoms with Crippen molar-refractivity contribution in [2.45, 2.75) is 32.4 Å². The lowest BCUT2D eigenvalue weighted by molar-refractivity contribution is -0.0854. The van der Waals surface area contributed by atoms with Crippen LogP contribution in [0.25, 0.3) is 11.0 Å². The molecule has 0 bridgehead atoms. The first-order chi connectivity index (χ1) is 18.4. The van der Waals surface area contributed by atoms with Crippen LogP contribution < -0.4 is 16.2 Å². The van der Waals surface area contributed by atoms with Gasteiger partial charge in [-0.15, -0.1) is 0 Å². The molecule has 2 amide bonds. The molecular weight excluding hydrogens is 524 g/mol. The van der Waals surface area contributed by atoms with Gasteiger partial charge < -0.3 is 20.7 Å². The predicted molar refractivity (Wildman–Crippen MR) is 147 cm³/mol. The third-order valence-electron chi connectivity index (χ3n) is 5.84. The number of nitrogens with one attached hydrogen (secondary N) is 3. The molecule has 202 valence electrons. The zero-order valence-corrected chi connectivity index (χ0v) is 22.2. The van der Waals surface area contributed by atoms with E-state index in [0.29, 0.717) is 10.4 Å². The maximum atomic E-state index is 13.0. The van der Waals surface area contributed by atoms with Crippen LogP contribution in [0, 0.1) is 0 Å². The molecule has 1 atom stereocenters. The van der Waals surface area contributed by atoms with Crippen LogP contribution in [0.15, 0.2) is 65.6 Å². The van der Waals surface area contributed by atoms with Gasteiger partial charge in [-0.2, -0.15) is 4.98 Å². The molecule has 0 saturated carbocycles. The minimum Gasteiger partial charge on any atom is -0.389 e. The number of amides is 2. The molecule has 0 aliphatic heterocycles. The normalized spacial score (nSPS) is 12.2. The van der Waals surface area contributed by atoms with E-state index < -0.39 is 29.0 Å². The van der Waals surface area contributed by atoms with Crippen LogP contribution in [-0.2, 0) is 0 Å². The first kappa shape index (κ1) is 27.7. The van der Waals surface area contributed by atoms with E-state index in [9.17, 15) is 24.7 Å². The number of hydroxylamine groups is 2. The summed E-state index contributed by atoms with van der Waals surface area (Å²) in [7, 11) is 0. The average molecular weight is 551 g/mol. The molecule has 2 aromatic heterocycles. The molecule has 0 fully saturated rings. The fourth-order valence-corrected chi connectivity index (χ4v) is 3.83. The molecule has 39 heavy (non-hydrogen) atoms. The van der Waals surface area contributed by atoms with E-state index in [4.69, 9.17) is 11.6 Å². The lowest BCUT2D eigenvalue weighted by Crippen LogP contribution is -2.30. The molecule has 0 aliphatic rings. The van der Waals surface area contributed by atoms with Gasteiger partial charge in [0.25, 0.3) is 17.4 Å². The van der Waals surface area contributed by atoms with E-state index in [2.05, 4.69) is 25.6 Å². The molecule has 12 heteroatoms. The van der Waals surface area contributed by atoms with Gasteiger partial charge >= 0.3 is 0 Å². The second kappa shape index (κ2) is 11.2. The number of halogens is 1. The summed E-state index contributed by atoms with van der Waals surface area (Å²) >= 11 is 6.25. The highest BCUT2D eigenvalue weighted by Crippen LogP contribution is 2.26.